The maximum Gasteiger partial charge on any atom is 0.405 e. The van der Waals surface area contributed by atoms with E-state index in [9.17, 15) is 8.96 Å². The zero-order chi connectivity index (χ0) is 28.0. The third-order valence-corrected chi connectivity index (χ3v) is 9.98. The van der Waals surface area contributed by atoms with Gasteiger partial charge < -0.3 is 24.3 Å². The van der Waals surface area contributed by atoms with Crippen LogP contribution in [0.4, 0.5) is 10.2 Å². The van der Waals surface area contributed by atoms with E-state index in [1.54, 1.807) is 32.5 Å². The maximum absolute atomic E-state index is 14.1. The van der Waals surface area contributed by atoms with Crippen LogP contribution < -0.4 is 10.3 Å². The fourth-order valence-corrected chi connectivity index (χ4v) is 8.19. The van der Waals surface area contributed by atoms with Crippen molar-refractivity contribution in [3.63, 3.8) is 0 Å². The average molecular weight is 606 g/mol. The normalized spacial score (nSPS) is 19.8. The summed E-state index contributed by atoms with van der Waals surface area (Å²) in [7, 11) is -0.581. The highest BCUT2D eigenvalue weighted by Crippen LogP contribution is 2.52. The maximum atomic E-state index is 14.1. The van der Waals surface area contributed by atoms with E-state index in [-0.39, 0.29) is 24.0 Å². The third kappa shape index (κ3) is 7.54. The van der Waals surface area contributed by atoms with Gasteiger partial charge in [0.15, 0.2) is 17.8 Å². The van der Waals surface area contributed by atoms with Crippen molar-refractivity contribution < 1.29 is 27.5 Å². The molecule has 1 fully saturated rings. The standard InChI is InChI=1S/C26H29FN5O5PS2/c1-18(11-32-16-31-24-25(28)29-15-30-26(24)32)35-17-38(33,36-21-9-7-20(27)8-10-21)37-23-14-40-39-13-22(23)34-12-19-5-3-2-4-6-19/h2-10,15-16,18,22-23H,11-14,17H2,1H3,(H2,28,29,30)/t18-,22-,23-,38?/m1/s1. The molecule has 2 N–H and O–H groups in total. The van der Waals surface area contributed by atoms with Crippen LogP contribution in [0.1, 0.15) is 12.5 Å². The summed E-state index contributed by atoms with van der Waals surface area (Å²) in [5, 5.41) is 0. The SMILES string of the molecule is C[C@H](Cn1cnc2c(N)ncnc21)OCP(=O)(Oc1ccc(F)cc1)O[C@@H]1CSSC[C@H]1OCc1ccccc1. The number of imidazole rings is 1. The molecule has 0 radical (unpaired) electrons. The van der Waals surface area contributed by atoms with Gasteiger partial charge in [-0.25, -0.2) is 23.9 Å². The van der Waals surface area contributed by atoms with Crippen LogP contribution in [0.25, 0.3) is 11.2 Å². The van der Waals surface area contributed by atoms with Gasteiger partial charge in [0.25, 0.3) is 0 Å². The Kier molecular flexibility index (Phi) is 9.61. The Hall–Kier alpha value is -2.67. The molecule has 1 aliphatic rings. The van der Waals surface area contributed by atoms with E-state index < -0.39 is 25.6 Å². The second kappa shape index (κ2) is 13.3. The molecule has 4 atom stereocenters. The number of rotatable bonds is 12. The summed E-state index contributed by atoms with van der Waals surface area (Å²) >= 11 is 0. The number of nitrogen functional groups attached to an aromatic ring is 1. The second-order valence-corrected chi connectivity index (χ2v) is 13.6. The van der Waals surface area contributed by atoms with Crippen LogP contribution in [0, 0.1) is 5.82 Å². The summed E-state index contributed by atoms with van der Waals surface area (Å²) < 4.78 is 53.6. The highest BCUT2D eigenvalue weighted by molar-refractivity contribution is 8.76. The fourth-order valence-electron chi connectivity index (χ4n) is 4.00. The molecule has 0 saturated carbocycles. The van der Waals surface area contributed by atoms with Gasteiger partial charge >= 0.3 is 7.60 Å². The van der Waals surface area contributed by atoms with Crippen molar-refractivity contribution in [3.05, 3.63) is 78.6 Å². The molecule has 5 rings (SSSR count). The number of nitrogens with zero attached hydrogens (tertiary/aromatic N) is 4. The molecule has 10 nitrogen and oxygen atoms in total. The van der Waals surface area contributed by atoms with E-state index in [1.807, 2.05) is 37.3 Å². The minimum Gasteiger partial charge on any atom is -0.423 e. The van der Waals surface area contributed by atoms with E-state index in [0.717, 1.165) is 5.56 Å². The number of anilines is 1. The van der Waals surface area contributed by atoms with Crippen molar-refractivity contribution in [2.24, 2.45) is 0 Å². The van der Waals surface area contributed by atoms with E-state index in [2.05, 4.69) is 15.0 Å². The molecule has 14 heteroatoms. The average Bonchev–Trinajstić information content (AvgIpc) is 3.37. The van der Waals surface area contributed by atoms with E-state index in [4.69, 9.17) is 24.3 Å². The number of halogens is 1. The zero-order valence-electron chi connectivity index (χ0n) is 21.7. The largest absolute Gasteiger partial charge is 0.423 e. The van der Waals surface area contributed by atoms with Crippen LogP contribution in [0.3, 0.4) is 0 Å². The van der Waals surface area contributed by atoms with Crippen molar-refractivity contribution in [1.29, 1.82) is 0 Å². The predicted octanol–water partition coefficient (Wildman–Crippen LogP) is 5.55. The van der Waals surface area contributed by atoms with Gasteiger partial charge in [0.05, 0.1) is 31.7 Å². The summed E-state index contributed by atoms with van der Waals surface area (Å²) in [6, 6.07) is 15.1. The van der Waals surface area contributed by atoms with Gasteiger partial charge in [-0.3, -0.25) is 4.52 Å². The zero-order valence-corrected chi connectivity index (χ0v) is 24.2. The van der Waals surface area contributed by atoms with Gasteiger partial charge in [-0.05, 0) is 36.8 Å². The van der Waals surface area contributed by atoms with Crippen LogP contribution >= 0.6 is 29.2 Å². The first-order valence-corrected chi connectivity index (χ1v) is 16.8. The Morgan fingerprint density at radius 1 is 1.07 bits per heavy atom. The minimum atomic E-state index is -3.88. The van der Waals surface area contributed by atoms with Crippen molar-refractivity contribution in [1.82, 2.24) is 19.5 Å². The summed E-state index contributed by atoms with van der Waals surface area (Å²) in [6.07, 6.45) is 1.43. The lowest BCUT2D eigenvalue weighted by Crippen LogP contribution is -2.38. The molecule has 1 saturated heterocycles. The first-order chi connectivity index (χ1) is 19.4. The molecule has 0 aliphatic carbocycles. The molecule has 1 unspecified atom stereocenters. The molecule has 0 amide bonds. The van der Waals surface area contributed by atoms with E-state index in [0.29, 0.717) is 35.8 Å². The molecule has 40 heavy (non-hydrogen) atoms. The number of aromatic nitrogens is 4. The van der Waals surface area contributed by atoms with Crippen molar-refractivity contribution in [3.8, 4) is 5.75 Å². The first kappa shape index (κ1) is 28.8. The van der Waals surface area contributed by atoms with Crippen LogP contribution in [-0.2, 0) is 31.7 Å². The molecule has 2 aromatic carbocycles. The lowest BCUT2D eigenvalue weighted by molar-refractivity contribution is -0.0192. The Morgan fingerprint density at radius 3 is 2.60 bits per heavy atom. The van der Waals surface area contributed by atoms with Gasteiger partial charge in [-0.2, -0.15) is 0 Å². The smallest absolute Gasteiger partial charge is 0.405 e. The summed E-state index contributed by atoms with van der Waals surface area (Å²) in [4.78, 5) is 12.5. The fraction of sp³-hybridized carbons (Fsp3) is 0.346. The molecular formula is C26H29FN5O5PS2. The number of benzene rings is 2. The van der Waals surface area contributed by atoms with Crippen molar-refractivity contribution >= 4 is 46.2 Å². The van der Waals surface area contributed by atoms with Crippen LogP contribution in [0.5, 0.6) is 5.75 Å². The quantitative estimate of drug-likeness (QED) is 0.162. The topological polar surface area (TPSA) is 124 Å². The van der Waals surface area contributed by atoms with Gasteiger partial charge in [-0.1, -0.05) is 51.9 Å². The lowest BCUT2D eigenvalue weighted by Gasteiger charge is -2.33. The number of hydrogen-bond donors (Lipinski definition) is 1. The molecule has 0 bridgehead atoms. The number of fused-ring (bicyclic) bond motifs is 1. The van der Waals surface area contributed by atoms with Crippen molar-refractivity contribution in [2.45, 2.75) is 38.4 Å². The Morgan fingerprint density at radius 2 is 1.82 bits per heavy atom. The molecule has 212 valence electrons. The highest BCUT2D eigenvalue weighted by atomic mass is 33.1. The highest BCUT2D eigenvalue weighted by Gasteiger charge is 2.38. The lowest BCUT2D eigenvalue weighted by atomic mass is 10.2. The summed E-state index contributed by atoms with van der Waals surface area (Å²) in [6.45, 7) is 2.60. The van der Waals surface area contributed by atoms with Gasteiger partial charge in [0.2, 0.25) is 0 Å². The Bertz CT molecular complexity index is 1450. The summed E-state index contributed by atoms with van der Waals surface area (Å²) in [5.41, 5.74) is 7.99. The number of nitrogens with two attached hydrogens (primary N) is 1. The Labute approximate surface area is 239 Å². The van der Waals surface area contributed by atoms with Gasteiger partial charge in [0.1, 0.15) is 29.5 Å². The minimum absolute atomic E-state index is 0.216. The van der Waals surface area contributed by atoms with Gasteiger partial charge in [-0.15, -0.1) is 0 Å². The third-order valence-electron chi connectivity index (χ3n) is 6.02. The van der Waals surface area contributed by atoms with Crippen LogP contribution in [0.15, 0.2) is 67.3 Å². The van der Waals surface area contributed by atoms with E-state index in [1.165, 1.54) is 30.6 Å². The Balaban J connectivity index is 1.28. The molecule has 4 aromatic rings. The molecule has 0 spiro atoms. The van der Waals surface area contributed by atoms with Crippen molar-refractivity contribution in [2.75, 3.05) is 23.6 Å². The van der Waals surface area contributed by atoms with Crippen LogP contribution in [0.2, 0.25) is 0 Å². The number of ether oxygens (including phenoxy) is 2. The first-order valence-electron chi connectivity index (χ1n) is 12.5. The molecular weight excluding hydrogens is 576 g/mol. The molecule has 2 aromatic heterocycles. The monoisotopic (exact) mass is 605 g/mol. The summed E-state index contributed by atoms with van der Waals surface area (Å²) in [5.74, 6) is 1.29. The van der Waals surface area contributed by atoms with Crippen LogP contribution in [-0.4, -0.2) is 55.7 Å². The van der Waals surface area contributed by atoms with E-state index >= 15 is 0 Å². The predicted molar refractivity (Wildman–Crippen MR) is 155 cm³/mol. The molecule has 1 aliphatic heterocycles. The second-order valence-electron chi connectivity index (χ2n) is 9.14. The van der Waals surface area contributed by atoms with Gasteiger partial charge in [0, 0.05) is 11.5 Å². The number of hydrogen-bond acceptors (Lipinski definition) is 11. The molecule has 3 heterocycles.